The smallest absolute Gasteiger partial charge is 0.192 e. The van der Waals surface area contributed by atoms with Crippen LogP contribution >= 0.6 is 0 Å². The summed E-state index contributed by atoms with van der Waals surface area (Å²) >= 11 is 0. The Bertz CT molecular complexity index is 1190. The molecule has 3 aromatic heterocycles. The maximum Gasteiger partial charge on any atom is 0.192 e. The summed E-state index contributed by atoms with van der Waals surface area (Å²) in [7, 11) is 0. The lowest BCUT2D eigenvalue weighted by Crippen LogP contribution is -1.99. The summed E-state index contributed by atoms with van der Waals surface area (Å²) < 4.78 is 3.74. The van der Waals surface area contributed by atoms with Crippen molar-refractivity contribution in [2.24, 2.45) is 0 Å². The Morgan fingerprint density at radius 3 is 2.48 bits per heavy atom. The van der Waals surface area contributed by atoms with E-state index in [1.165, 1.54) is 5.56 Å². The molecular formula is C19H14N6. The highest BCUT2D eigenvalue weighted by molar-refractivity contribution is 5.95. The molecule has 0 amide bonds. The summed E-state index contributed by atoms with van der Waals surface area (Å²) in [6.07, 6.45) is 1.65. The molecule has 3 heterocycles. The Morgan fingerprint density at radius 1 is 0.880 bits per heavy atom. The number of aromatic nitrogens is 6. The van der Waals surface area contributed by atoms with E-state index < -0.39 is 0 Å². The van der Waals surface area contributed by atoms with Gasteiger partial charge in [-0.15, -0.1) is 5.10 Å². The van der Waals surface area contributed by atoms with Crippen LogP contribution in [0.5, 0.6) is 0 Å². The Balaban J connectivity index is 1.90. The van der Waals surface area contributed by atoms with E-state index in [9.17, 15) is 0 Å². The van der Waals surface area contributed by atoms with E-state index in [1.54, 1.807) is 10.8 Å². The van der Waals surface area contributed by atoms with Gasteiger partial charge >= 0.3 is 0 Å². The number of fused-ring (bicyclic) bond motifs is 3. The van der Waals surface area contributed by atoms with E-state index in [0.717, 1.165) is 28.0 Å². The summed E-state index contributed by atoms with van der Waals surface area (Å²) in [4.78, 5) is 4.61. The normalized spacial score (nSPS) is 11.4. The topological polar surface area (TPSA) is 60.9 Å². The van der Waals surface area contributed by atoms with Crippen LogP contribution in [0.3, 0.4) is 0 Å². The van der Waals surface area contributed by atoms with Gasteiger partial charge in [0.25, 0.3) is 0 Å². The van der Waals surface area contributed by atoms with Crippen molar-refractivity contribution in [2.45, 2.75) is 6.92 Å². The maximum atomic E-state index is 4.61. The van der Waals surface area contributed by atoms with Gasteiger partial charge in [-0.05, 0) is 41.1 Å². The van der Waals surface area contributed by atoms with Gasteiger partial charge in [-0.1, -0.05) is 48.0 Å². The molecule has 0 atom stereocenters. The number of hydrogen-bond donors (Lipinski definition) is 0. The van der Waals surface area contributed by atoms with Gasteiger partial charge in [0.05, 0.1) is 11.1 Å². The molecule has 6 heteroatoms. The molecule has 120 valence electrons. The number of hydrogen-bond acceptors (Lipinski definition) is 4. The number of rotatable bonds is 2. The highest BCUT2D eigenvalue weighted by atomic mass is 15.5. The van der Waals surface area contributed by atoms with Gasteiger partial charge in [0, 0.05) is 5.69 Å². The molecule has 6 nitrogen and oxygen atoms in total. The number of aryl methyl sites for hydroxylation is 1. The minimum absolute atomic E-state index is 0.702. The third-order valence-electron chi connectivity index (χ3n) is 4.36. The Labute approximate surface area is 143 Å². The molecule has 0 aliphatic heterocycles. The fraction of sp³-hybridized carbons (Fsp3) is 0.0526. The zero-order valence-electron chi connectivity index (χ0n) is 13.5. The molecular weight excluding hydrogens is 312 g/mol. The molecule has 0 saturated heterocycles. The molecule has 0 aliphatic rings. The van der Waals surface area contributed by atoms with Gasteiger partial charge in [0.2, 0.25) is 0 Å². The van der Waals surface area contributed by atoms with Crippen LogP contribution in [0.25, 0.3) is 33.6 Å². The highest BCUT2D eigenvalue weighted by Crippen LogP contribution is 2.31. The van der Waals surface area contributed by atoms with E-state index >= 15 is 0 Å². The van der Waals surface area contributed by atoms with Gasteiger partial charge in [-0.3, -0.25) is 4.57 Å². The van der Waals surface area contributed by atoms with Gasteiger partial charge in [-0.25, -0.2) is 4.98 Å². The molecule has 5 rings (SSSR count). The summed E-state index contributed by atoms with van der Waals surface area (Å²) in [6.45, 7) is 2.09. The Morgan fingerprint density at radius 2 is 1.68 bits per heavy atom. The molecule has 0 aliphatic carbocycles. The molecule has 0 saturated carbocycles. The van der Waals surface area contributed by atoms with Crippen molar-refractivity contribution in [3.63, 3.8) is 0 Å². The first kappa shape index (κ1) is 13.9. The van der Waals surface area contributed by atoms with E-state index in [0.29, 0.717) is 5.65 Å². The maximum absolute atomic E-state index is 4.61. The van der Waals surface area contributed by atoms with E-state index in [2.05, 4.69) is 74.5 Å². The lowest BCUT2D eigenvalue weighted by atomic mass is 10.1. The summed E-state index contributed by atoms with van der Waals surface area (Å²) in [6, 6.07) is 20.8. The zero-order valence-corrected chi connectivity index (χ0v) is 13.5. The third kappa shape index (κ3) is 2.11. The van der Waals surface area contributed by atoms with Crippen LogP contribution in [0.1, 0.15) is 5.56 Å². The molecule has 25 heavy (non-hydrogen) atoms. The van der Waals surface area contributed by atoms with Gasteiger partial charge < -0.3 is 0 Å². The van der Waals surface area contributed by atoms with Gasteiger partial charge in [-0.2, -0.15) is 4.52 Å². The van der Waals surface area contributed by atoms with Crippen LogP contribution in [0.4, 0.5) is 0 Å². The first-order valence-electron chi connectivity index (χ1n) is 8.02. The second-order valence-electron chi connectivity index (χ2n) is 6.00. The fourth-order valence-corrected chi connectivity index (χ4v) is 3.13. The summed E-state index contributed by atoms with van der Waals surface area (Å²) in [5.41, 5.74) is 6.01. The quantitative estimate of drug-likeness (QED) is 0.498. The molecule has 0 radical (unpaired) electrons. The Kier molecular flexibility index (Phi) is 2.90. The van der Waals surface area contributed by atoms with Crippen molar-refractivity contribution in [1.29, 1.82) is 0 Å². The van der Waals surface area contributed by atoms with Crippen molar-refractivity contribution in [2.75, 3.05) is 0 Å². The number of tetrazole rings is 1. The third-order valence-corrected chi connectivity index (χ3v) is 4.36. The van der Waals surface area contributed by atoms with Crippen LogP contribution in [0.2, 0.25) is 0 Å². The average molecular weight is 326 g/mol. The predicted molar refractivity (Wildman–Crippen MR) is 95.6 cm³/mol. The van der Waals surface area contributed by atoms with Gasteiger partial charge in [0.1, 0.15) is 6.33 Å². The monoisotopic (exact) mass is 326 g/mol. The summed E-state index contributed by atoms with van der Waals surface area (Å²) in [5, 5.41) is 12.8. The number of nitrogens with zero attached hydrogens (tertiary/aromatic N) is 6. The fourth-order valence-electron chi connectivity index (χ4n) is 3.13. The van der Waals surface area contributed by atoms with Crippen molar-refractivity contribution in [1.82, 2.24) is 29.6 Å². The largest absolute Gasteiger partial charge is 0.294 e. The van der Waals surface area contributed by atoms with Crippen LogP contribution < -0.4 is 0 Å². The lowest BCUT2D eigenvalue weighted by molar-refractivity contribution is 0.811. The van der Waals surface area contributed by atoms with Crippen LogP contribution in [-0.4, -0.2) is 29.6 Å². The number of benzene rings is 2. The molecule has 0 N–H and O–H groups in total. The van der Waals surface area contributed by atoms with Gasteiger partial charge in [0.15, 0.2) is 11.3 Å². The second kappa shape index (κ2) is 5.24. The first-order chi connectivity index (χ1) is 12.3. The van der Waals surface area contributed by atoms with Crippen LogP contribution in [0, 0.1) is 6.92 Å². The van der Waals surface area contributed by atoms with Crippen molar-refractivity contribution in [3.8, 4) is 16.9 Å². The molecule has 0 fully saturated rings. The minimum atomic E-state index is 0.702. The van der Waals surface area contributed by atoms with Crippen molar-refractivity contribution in [3.05, 3.63) is 72.6 Å². The van der Waals surface area contributed by atoms with E-state index in [4.69, 9.17) is 0 Å². The first-order valence-corrected chi connectivity index (χ1v) is 8.02. The lowest BCUT2D eigenvalue weighted by Gasteiger charge is -2.10. The molecule has 0 bridgehead atoms. The van der Waals surface area contributed by atoms with E-state index in [-0.39, 0.29) is 0 Å². The second-order valence-corrected chi connectivity index (χ2v) is 6.00. The number of para-hydroxylation sites is 1. The molecule has 2 aromatic carbocycles. The van der Waals surface area contributed by atoms with E-state index in [1.807, 2.05) is 18.2 Å². The summed E-state index contributed by atoms with van der Waals surface area (Å²) in [5.74, 6) is 0. The highest BCUT2D eigenvalue weighted by Gasteiger charge is 2.17. The van der Waals surface area contributed by atoms with Crippen LogP contribution in [-0.2, 0) is 0 Å². The molecule has 0 unspecified atom stereocenters. The predicted octanol–water partition coefficient (Wildman–Crippen LogP) is 3.44. The zero-order chi connectivity index (χ0) is 16.8. The molecule has 5 aromatic rings. The Hall–Kier alpha value is -3.54. The SMILES string of the molecule is Cc1ccc(-c2cc3c(ncn4nnnc34)n2-c2ccccc2)cc1. The average Bonchev–Trinajstić information content (AvgIpc) is 3.27. The minimum Gasteiger partial charge on any atom is -0.294 e. The van der Waals surface area contributed by atoms with Crippen LogP contribution in [0.15, 0.2) is 67.0 Å². The molecule has 0 spiro atoms. The van der Waals surface area contributed by atoms with Crippen molar-refractivity contribution >= 4 is 16.7 Å². The van der Waals surface area contributed by atoms with Crippen molar-refractivity contribution < 1.29 is 0 Å². The standard InChI is InChI=1S/C19H14N6/c1-13-7-9-14(10-8-13)17-11-16-18(20-12-24-19(16)21-22-23-24)25(17)15-5-3-2-4-6-15/h2-12H,1H3.